The van der Waals surface area contributed by atoms with Gasteiger partial charge < -0.3 is 9.47 Å². The lowest BCUT2D eigenvalue weighted by Crippen LogP contribution is -2.48. The summed E-state index contributed by atoms with van der Waals surface area (Å²) in [5.41, 5.74) is 1.01. The van der Waals surface area contributed by atoms with Gasteiger partial charge in [0.2, 0.25) is 0 Å². The van der Waals surface area contributed by atoms with Gasteiger partial charge in [0.15, 0.2) is 11.5 Å². The Bertz CT molecular complexity index is 879. The summed E-state index contributed by atoms with van der Waals surface area (Å²) in [6.45, 7) is 3.48. The van der Waals surface area contributed by atoms with Crippen LogP contribution in [0.1, 0.15) is 16.5 Å². The summed E-state index contributed by atoms with van der Waals surface area (Å²) in [4.78, 5) is 3.17. The van der Waals surface area contributed by atoms with Crippen molar-refractivity contribution in [3.05, 3.63) is 40.8 Å². The Morgan fingerprint density at radius 2 is 1.81 bits per heavy atom. The molecule has 0 radical (unpaired) electrons. The van der Waals surface area contributed by atoms with Crippen LogP contribution in [0.4, 0.5) is 0 Å². The molecule has 1 aromatic heterocycles. The van der Waals surface area contributed by atoms with Gasteiger partial charge in [-0.15, -0.1) is 11.3 Å². The summed E-state index contributed by atoms with van der Waals surface area (Å²) in [7, 11) is 1.75. The van der Waals surface area contributed by atoms with Crippen LogP contribution in [0.25, 0.3) is 0 Å². The molecule has 0 saturated carbocycles. The third-order valence-electron chi connectivity index (χ3n) is 4.71. The standard InChI is InChI=1S/C18H24N2O4S2/c1-13-5-8-18(25-13)26(21,22)20-10-9-19(2)15(12-20)14-6-7-16(23-3)17(11-14)24-4/h5-8,11,15H,9-10,12H2,1-4H3. The molecule has 1 aliphatic heterocycles. The second-order valence-corrected chi connectivity index (χ2v) is 9.79. The van der Waals surface area contributed by atoms with E-state index in [9.17, 15) is 8.42 Å². The van der Waals surface area contributed by atoms with Gasteiger partial charge in [0.1, 0.15) is 4.21 Å². The zero-order valence-corrected chi connectivity index (χ0v) is 17.1. The average Bonchev–Trinajstić information content (AvgIpc) is 3.08. The Labute approximate surface area is 159 Å². The van der Waals surface area contributed by atoms with Crippen molar-refractivity contribution in [2.75, 3.05) is 40.9 Å². The van der Waals surface area contributed by atoms with Gasteiger partial charge in [0.25, 0.3) is 10.0 Å². The highest BCUT2D eigenvalue weighted by atomic mass is 32.2. The molecule has 3 rings (SSSR count). The van der Waals surface area contributed by atoms with Crippen LogP contribution in [-0.2, 0) is 10.0 Å². The Morgan fingerprint density at radius 3 is 2.42 bits per heavy atom. The lowest BCUT2D eigenvalue weighted by molar-refractivity contribution is 0.148. The molecule has 1 aromatic carbocycles. The summed E-state index contributed by atoms with van der Waals surface area (Å²) in [5, 5.41) is 0. The summed E-state index contributed by atoms with van der Waals surface area (Å²) in [6.07, 6.45) is 0. The zero-order valence-electron chi connectivity index (χ0n) is 15.4. The molecule has 1 saturated heterocycles. The minimum Gasteiger partial charge on any atom is -0.493 e. The molecule has 0 bridgehead atoms. The molecular weight excluding hydrogens is 372 g/mol. The van der Waals surface area contributed by atoms with E-state index in [2.05, 4.69) is 4.90 Å². The Kier molecular flexibility index (Phi) is 5.57. The first kappa shape index (κ1) is 19.2. The maximum absolute atomic E-state index is 13.0. The molecule has 142 valence electrons. The molecule has 2 heterocycles. The number of nitrogens with zero attached hydrogens (tertiary/aromatic N) is 2. The van der Waals surface area contributed by atoms with Gasteiger partial charge in [-0.05, 0) is 43.8 Å². The van der Waals surface area contributed by atoms with E-state index in [0.29, 0.717) is 35.3 Å². The summed E-state index contributed by atoms with van der Waals surface area (Å²) in [6, 6.07) is 9.25. The Hall–Kier alpha value is -1.61. The molecule has 0 aliphatic carbocycles. The molecule has 1 aliphatic rings. The number of benzene rings is 1. The maximum Gasteiger partial charge on any atom is 0.252 e. The van der Waals surface area contributed by atoms with E-state index in [4.69, 9.17) is 9.47 Å². The van der Waals surface area contributed by atoms with Crippen LogP contribution in [-0.4, -0.2) is 58.5 Å². The maximum atomic E-state index is 13.0. The van der Waals surface area contributed by atoms with Crippen molar-refractivity contribution in [2.45, 2.75) is 17.2 Å². The number of ether oxygens (including phenoxy) is 2. The van der Waals surface area contributed by atoms with Crippen molar-refractivity contribution in [3.63, 3.8) is 0 Å². The summed E-state index contributed by atoms with van der Waals surface area (Å²) in [5.74, 6) is 1.31. The van der Waals surface area contributed by atoms with Crippen LogP contribution in [0.2, 0.25) is 0 Å². The number of thiophene rings is 1. The first-order chi connectivity index (χ1) is 12.4. The van der Waals surface area contributed by atoms with Crippen LogP contribution >= 0.6 is 11.3 Å². The van der Waals surface area contributed by atoms with Crippen LogP contribution < -0.4 is 9.47 Å². The second-order valence-electron chi connectivity index (χ2n) is 6.34. The van der Waals surface area contributed by atoms with E-state index in [1.54, 1.807) is 24.6 Å². The predicted octanol–water partition coefficient (Wildman–Crippen LogP) is 2.75. The molecule has 0 amide bonds. The van der Waals surface area contributed by atoms with Gasteiger partial charge in [0.05, 0.1) is 14.2 Å². The van der Waals surface area contributed by atoms with Gasteiger partial charge in [-0.3, -0.25) is 4.90 Å². The molecule has 26 heavy (non-hydrogen) atoms. The first-order valence-corrected chi connectivity index (χ1v) is 10.6. The van der Waals surface area contributed by atoms with Gasteiger partial charge in [0, 0.05) is 30.6 Å². The van der Waals surface area contributed by atoms with Crippen molar-refractivity contribution in [1.29, 1.82) is 0 Å². The molecule has 6 nitrogen and oxygen atoms in total. The lowest BCUT2D eigenvalue weighted by atomic mass is 10.0. The summed E-state index contributed by atoms with van der Waals surface area (Å²) < 4.78 is 38.6. The highest BCUT2D eigenvalue weighted by molar-refractivity contribution is 7.91. The number of piperazine rings is 1. The SMILES string of the molecule is COc1ccc(C2CN(S(=O)(=O)c3ccc(C)s3)CCN2C)cc1OC. The Balaban J connectivity index is 1.89. The number of aryl methyl sites for hydroxylation is 1. The smallest absolute Gasteiger partial charge is 0.252 e. The van der Waals surface area contributed by atoms with Crippen LogP contribution in [0, 0.1) is 6.92 Å². The largest absolute Gasteiger partial charge is 0.493 e. The minimum absolute atomic E-state index is 0.0422. The Morgan fingerprint density at radius 1 is 1.08 bits per heavy atom. The van der Waals surface area contributed by atoms with Gasteiger partial charge in [-0.25, -0.2) is 8.42 Å². The monoisotopic (exact) mass is 396 g/mol. The van der Waals surface area contributed by atoms with Gasteiger partial charge >= 0.3 is 0 Å². The molecule has 1 atom stereocenters. The van der Waals surface area contributed by atoms with Crippen LogP contribution in [0.5, 0.6) is 11.5 Å². The molecule has 8 heteroatoms. The molecule has 0 spiro atoms. The molecule has 2 aromatic rings. The number of rotatable bonds is 5. The quantitative estimate of drug-likeness (QED) is 0.778. The van der Waals surface area contributed by atoms with Gasteiger partial charge in [-0.2, -0.15) is 4.31 Å². The van der Waals surface area contributed by atoms with Crippen molar-refractivity contribution in [1.82, 2.24) is 9.21 Å². The van der Waals surface area contributed by atoms with E-state index < -0.39 is 10.0 Å². The van der Waals surface area contributed by atoms with E-state index in [1.807, 2.05) is 38.2 Å². The van der Waals surface area contributed by atoms with Crippen molar-refractivity contribution < 1.29 is 17.9 Å². The number of sulfonamides is 1. The van der Waals surface area contributed by atoms with E-state index in [1.165, 1.54) is 11.3 Å². The number of likely N-dealkylation sites (N-methyl/N-ethyl adjacent to an activating group) is 1. The fourth-order valence-electron chi connectivity index (χ4n) is 3.16. The first-order valence-electron chi connectivity index (χ1n) is 8.35. The van der Waals surface area contributed by atoms with Crippen molar-refractivity contribution in [3.8, 4) is 11.5 Å². The average molecular weight is 397 g/mol. The van der Waals surface area contributed by atoms with E-state index in [-0.39, 0.29) is 6.04 Å². The topological polar surface area (TPSA) is 59.1 Å². The lowest BCUT2D eigenvalue weighted by Gasteiger charge is -2.38. The van der Waals surface area contributed by atoms with Crippen LogP contribution in [0.15, 0.2) is 34.5 Å². The highest BCUT2D eigenvalue weighted by Crippen LogP contribution is 2.34. The predicted molar refractivity (Wildman–Crippen MR) is 103 cm³/mol. The highest BCUT2D eigenvalue weighted by Gasteiger charge is 2.34. The minimum atomic E-state index is -3.46. The van der Waals surface area contributed by atoms with E-state index in [0.717, 1.165) is 10.4 Å². The number of hydrogen-bond acceptors (Lipinski definition) is 6. The third kappa shape index (κ3) is 3.59. The van der Waals surface area contributed by atoms with Crippen molar-refractivity contribution >= 4 is 21.4 Å². The molecule has 1 fully saturated rings. The molecular formula is C18H24N2O4S2. The molecule has 1 unspecified atom stereocenters. The fourth-order valence-corrected chi connectivity index (χ4v) is 6.04. The normalized spacial score (nSPS) is 19.5. The second kappa shape index (κ2) is 7.56. The number of methoxy groups -OCH3 is 2. The number of hydrogen-bond donors (Lipinski definition) is 0. The van der Waals surface area contributed by atoms with E-state index >= 15 is 0 Å². The fraction of sp³-hybridized carbons (Fsp3) is 0.444. The molecule has 0 N–H and O–H groups in total. The van der Waals surface area contributed by atoms with Crippen molar-refractivity contribution in [2.24, 2.45) is 0 Å². The summed E-state index contributed by atoms with van der Waals surface area (Å²) >= 11 is 1.32. The van der Waals surface area contributed by atoms with Gasteiger partial charge in [-0.1, -0.05) is 6.07 Å². The van der Waals surface area contributed by atoms with Crippen LogP contribution in [0.3, 0.4) is 0 Å². The third-order valence-corrected chi connectivity index (χ3v) is 8.05. The zero-order chi connectivity index (χ0) is 18.9.